The largest absolute Gasteiger partial charge is 0.481 e. The van der Waals surface area contributed by atoms with Crippen molar-refractivity contribution in [3.05, 3.63) is 59.7 Å². The summed E-state index contributed by atoms with van der Waals surface area (Å²) in [4.78, 5) is 30.1. The van der Waals surface area contributed by atoms with E-state index < -0.39 is 5.97 Å². The van der Waals surface area contributed by atoms with Crippen LogP contribution in [0.4, 0.5) is 0 Å². The molecule has 0 radical (unpaired) electrons. The molecule has 5 heterocycles. The van der Waals surface area contributed by atoms with Crippen LogP contribution in [0.1, 0.15) is 42.6 Å². The van der Waals surface area contributed by atoms with Crippen molar-refractivity contribution < 1.29 is 19.1 Å². The Labute approximate surface area is 196 Å². The molecule has 0 aliphatic carbocycles. The second-order valence-electron chi connectivity index (χ2n) is 8.67. The maximum atomic E-state index is 12.9. The number of furan rings is 1. The highest BCUT2D eigenvalue weighted by Crippen LogP contribution is 2.31. The van der Waals surface area contributed by atoms with Crippen LogP contribution in [0.5, 0.6) is 0 Å². The molecule has 0 spiro atoms. The van der Waals surface area contributed by atoms with Gasteiger partial charge in [-0.05, 0) is 55.2 Å². The molecular formula is C25H27N5O4. The van der Waals surface area contributed by atoms with Gasteiger partial charge in [-0.2, -0.15) is 5.10 Å². The molecule has 1 aliphatic rings. The third-order valence-corrected chi connectivity index (χ3v) is 6.47. The first-order chi connectivity index (χ1) is 16.5. The van der Waals surface area contributed by atoms with Crippen molar-refractivity contribution in [1.82, 2.24) is 24.2 Å². The minimum absolute atomic E-state index is 0.0708. The lowest BCUT2D eigenvalue weighted by molar-refractivity contribution is -0.137. The molecule has 0 saturated heterocycles. The van der Waals surface area contributed by atoms with E-state index in [4.69, 9.17) is 9.52 Å². The molecule has 9 nitrogen and oxygen atoms in total. The molecule has 176 valence electrons. The van der Waals surface area contributed by atoms with Crippen LogP contribution in [-0.4, -0.2) is 47.8 Å². The normalized spacial score (nSPS) is 13.4. The standard InChI is InChI=1S/C25H27N5O4/c1-28-17(14-20(27-28)22-7-5-13-34-22)15-30-21-16-29(23(31)8-2-3-9-24(32)33)12-10-18(21)19-6-4-11-26-25(19)30/h4-7,11,13-14H,2-3,8-10,12,15-16H2,1H3,(H,32,33). The average molecular weight is 462 g/mol. The summed E-state index contributed by atoms with van der Waals surface area (Å²) < 4.78 is 9.55. The highest BCUT2D eigenvalue weighted by Gasteiger charge is 2.27. The summed E-state index contributed by atoms with van der Waals surface area (Å²) in [6.45, 7) is 1.76. The smallest absolute Gasteiger partial charge is 0.303 e. The third-order valence-electron chi connectivity index (χ3n) is 6.47. The van der Waals surface area contributed by atoms with Gasteiger partial charge in [-0.25, -0.2) is 4.98 Å². The molecular weight excluding hydrogens is 434 g/mol. The van der Waals surface area contributed by atoms with Crippen LogP contribution in [0, 0.1) is 0 Å². The first-order valence-corrected chi connectivity index (χ1v) is 11.5. The van der Waals surface area contributed by atoms with Gasteiger partial charge < -0.3 is 19.0 Å². The molecule has 0 aromatic carbocycles. The Hall–Kier alpha value is -3.88. The van der Waals surface area contributed by atoms with Crippen LogP contribution < -0.4 is 0 Å². The van der Waals surface area contributed by atoms with Crippen molar-refractivity contribution in [1.29, 1.82) is 0 Å². The number of aliphatic carboxylic acids is 1. The Morgan fingerprint density at radius 1 is 1.18 bits per heavy atom. The number of hydrogen-bond donors (Lipinski definition) is 1. The molecule has 1 N–H and O–H groups in total. The summed E-state index contributed by atoms with van der Waals surface area (Å²) in [6, 6.07) is 9.80. The van der Waals surface area contributed by atoms with Gasteiger partial charge in [0.05, 0.1) is 25.0 Å². The van der Waals surface area contributed by atoms with E-state index >= 15 is 0 Å². The van der Waals surface area contributed by atoms with E-state index in [2.05, 4.69) is 20.7 Å². The van der Waals surface area contributed by atoms with Crippen LogP contribution in [-0.2, 0) is 36.1 Å². The minimum Gasteiger partial charge on any atom is -0.481 e. The van der Waals surface area contributed by atoms with Crippen LogP contribution >= 0.6 is 0 Å². The van der Waals surface area contributed by atoms with Gasteiger partial charge >= 0.3 is 5.97 Å². The van der Waals surface area contributed by atoms with Gasteiger partial charge in [-0.1, -0.05) is 0 Å². The maximum absolute atomic E-state index is 12.9. The Morgan fingerprint density at radius 3 is 2.82 bits per heavy atom. The number of carboxylic acid groups (broad SMARTS) is 1. The van der Waals surface area contributed by atoms with Gasteiger partial charge in [0.1, 0.15) is 11.3 Å². The molecule has 4 aromatic rings. The molecule has 0 atom stereocenters. The van der Waals surface area contributed by atoms with E-state index in [0.717, 1.165) is 40.3 Å². The van der Waals surface area contributed by atoms with Gasteiger partial charge in [0, 0.05) is 43.7 Å². The van der Waals surface area contributed by atoms with E-state index in [0.29, 0.717) is 38.9 Å². The lowest BCUT2D eigenvalue weighted by Crippen LogP contribution is -2.36. The molecule has 34 heavy (non-hydrogen) atoms. The summed E-state index contributed by atoms with van der Waals surface area (Å²) >= 11 is 0. The van der Waals surface area contributed by atoms with Crippen LogP contribution in [0.25, 0.3) is 22.5 Å². The summed E-state index contributed by atoms with van der Waals surface area (Å²) in [5.74, 6) is -0.0297. The van der Waals surface area contributed by atoms with Crippen molar-refractivity contribution in [2.45, 2.75) is 45.2 Å². The fourth-order valence-corrected chi connectivity index (χ4v) is 4.71. The number of nitrogens with zero attached hydrogens (tertiary/aromatic N) is 5. The second kappa shape index (κ2) is 9.17. The van der Waals surface area contributed by atoms with Crippen molar-refractivity contribution >= 4 is 22.9 Å². The number of carbonyl (C=O) groups is 2. The Kier molecular flexibility index (Phi) is 5.91. The summed E-state index contributed by atoms with van der Waals surface area (Å²) in [5.41, 5.74) is 5.03. The Balaban J connectivity index is 1.41. The highest BCUT2D eigenvalue weighted by atomic mass is 16.4. The van der Waals surface area contributed by atoms with Crippen molar-refractivity contribution in [2.75, 3.05) is 6.54 Å². The van der Waals surface area contributed by atoms with Crippen LogP contribution in [0.3, 0.4) is 0 Å². The van der Waals surface area contributed by atoms with E-state index in [1.807, 2.05) is 40.9 Å². The van der Waals surface area contributed by atoms with E-state index in [9.17, 15) is 9.59 Å². The number of pyridine rings is 1. The average Bonchev–Trinajstić information content (AvgIpc) is 3.56. The predicted molar refractivity (Wildman–Crippen MR) is 125 cm³/mol. The first-order valence-electron chi connectivity index (χ1n) is 11.5. The summed E-state index contributed by atoms with van der Waals surface area (Å²) in [7, 11) is 1.92. The number of fused-ring (bicyclic) bond motifs is 3. The van der Waals surface area contributed by atoms with Crippen LogP contribution in [0.15, 0.2) is 47.2 Å². The number of carbonyl (C=O) groups excluding carboxylic acids is 1. The van der Waals surface area contributed by atoms with Crippen molar-refractivity contribution in [3.63, 3.8) is 0 Å². The van der Waals surface area contributed by atoms with Gasteiger partial charge in [-0.3, -0.25) is 14.3 Å². The maximum Gasteiger partial charge on any atom is 0.303 e. The summed E-state index contributed by atoms with van der Waals surface area (Å²) in [6.07, 6.45) is 5.78. The zero-order chi connectivity index (χ0) is 23.7. The number of carboxylic acids is 1. The Morgan fingerprint density at radius 2 is 2.03 bits per heavy atom. The number of rotatable bonds is 8. The molecule has 0 bridgehead atoms. The summed E-state index contributed by atoms with van der Waals surface area (Å²) in [5, 5.41) is 14.5. The third kappa shape index (κ3) is 4.21. The molecule has 5 rings (SSSR count). The fraction of sp³-hybridized carbons (Fsp3) is 0.360. The van der Waals surface area contributed by atoms with Crippen LogP contribution in [0.2, 0.25) is 0 Å². The zero-order valence-electron chi connectivity index (χ0n) is 19.1. The van der Waals surface area contributed by atoms with Crippen molar-refractivity contribution in [3.8, 4) is 11.5 Å². The molecule has 1 aliphatic heterocycles. The molecule has 0 saturated carbocycles. The van der Waals surface area contributed by atoms with Gasteiger partial charge in [0.2, 0.25) is 5.91 Å². The number of hydrogen-bond acceptors (Lipinski definition) is 5. The highest BCUT2D eigenvalue weighted by molar-refractivity contribution is 5.84. The topological polar surface area (TPSA) is 106 Å². The van der Waals surface area contributed by atoms with E-state index in [1.165, 1.54) is 5.56 Å². The van der Waals surface area contributed by atoms with Crippen molar-refractivity contribution in [2.24, 2.45) is 7.05 Å². The Bertz CT molecular complexity index is 1340. The molecule has 1 amide bonds. The number of unbranched alkanes of at least 4 members (excludes halogenated alkanes) is 1. The predicted octanol–water partition coefficient (Wildman–Crippen LogP) is 3.61. The number of aryl methyl sites for hydroxylation is 1. The number of amides is 1. The lowest BCUT2D eigenvalue weighted by Gasteiger charge is -2.28. The van der Waals surface area contributed by atoms with E-state index in [1.54, 1.807) is 12.5 Å². The second-order valence-corrected chi connectivity index (χ2v) is 8.67. The quantitative estimate of drug-likeness (QED) is 0.402. The molecule has 9 heteroatoms. The van der Waals surface area contributed by atoms with Gasteiger partial charge in [-0.15, -0.1) is 0 Å². The zero-order valence-corrected chi connectivity index (χ0v) is 19.1. The molecule has 4 aromatic heterocycles. The monoisotopic (exact) mass is 461 g/mol. The SMILES string of the molecule is Cn1nc(-c2ccco2)cc1Cn1c2c(c3cccnc31)CCN(C(=O)CCCCC(=O)O)C2. The molecule has 0 unspecified atom stereocenters. The number of aromatic nitrogens is 4. The molecule has 0 fully saturated rings. The first kappa shape index (κ1) is 21.9. The van der Waals surface area contributed by atoms with Gasteiger partial charge in [0.15, 0.2) is 5.76 Å². The van der Waals surface area contributed by atoms with E-state index in [-0.39, 0.29) is 12.3 Å². The lowest BCUT2D eigenvalue weighted by atomic mass is 10.0. The minimum atomic E-state index is -0.822. The fourth-order valence-electron chi connectivity index (χ4n) is 4.71. The van der Waals surface area contributed by atoms with Gasteiger partial charge in [0.25, 0.3) is 0 Å².